The molecule has 4 nitrogen and oxygen atoms in total. The second kappa shape index (κ2) is 4.37. The molecule has 0 spiro atoms. The van der Waals surface area contributed by atoms with E-state index in [1.54, 1.807) is 6.92 Å². The van der Waals surface area contributed by atoms with Crippen LogP contribution in [0.3, 0.4) is 0 Å². The summed E-state index contributed by atoms with van der Waals surface area (Å²) in [7, 11) is 0. The van der Waals surface area contributed by atoms with Crippen LogP contribution >= 0.6 is 0 Å². The number of carboxylic acids is 1. The fraction of sp³-hybridized carbons (Fsp3) is 0.467. The highest BCUT2D eigenvalue weighted by Crippen LogP contribution is 2.41. The van der Waals surface area contributed by atoms with Crippen molar-refractivity contribution in [3.8, 4) is 0 Å². The van der Waals surface area contributed by atoms with Crippen LogP contribution < -0.4 is 0 Å². The van der Waals surface area contributed by atoms with Crippen LogP contribution in [0.1, 0.15) is 44.5 Å². The molecule has 1 aliphatic carbocycles. The number of fused-ring (bicyclic) bond motifs is 1. The van der Waals surface area contributed by atoms with E-state index in [4.69, 9.17) is 0 Å². The van der Waals surface area contributed by atoms with E-state index in [9.17, 15) is 9.90 Å². The molecule has 0 radical (unpaired) electrons. The Hall–Kier alpha value is -1.84. The van der Waals surface area contributed by atoms with Crippen molar-refractivity contribution in [2.45, 2.75) is 38.6 Å². The SMILES string of the molecule is CC(C(=O)O)C(C)c1nc2ccccc2n1C1CC1. The molecule has 0 aliphatic heterocycles. The maximum absolute atomic E-state index is 11.2. The third kappa shape index (κ3) is 2.01. The summed E-state index contributed by atoms with van der Waals surface area (Å²) in [4.78, 5) is 15.9. The zero-order valence-corrected chi connectivity index (χ0v) is 11.2. The molecule has 0 saturated heterocycles. The van der Waals surface area contributed by atoms with Gasteiger partial charge >= 0.3 is 5.97 Å². The van der Waals surface area contributed by atoms with Crippen molar-refractivity contribution in [3.05, 3.63) is 30.1 Å². The highest BCUT2D eigenvalue weighted by atomic mass is 16.4. The Morgan fingerprint density at radius 3 is 2.68 bits per heavy atom. The maximum Gasteiger partial charge on any atom is 0.306 e. The van der Waals surface area contributed by atoms with Crippen molar-refractivity contribution < 1.29 is 9.90 Å². The number of nitrogens with zero attached hydrogens (tertiary/aromatic N) is 2. The van der Waals surface area contributed by atoms with Crippen LogP contribution in [-0.4, -0.2) is 20.6 Å². The number of para-hydroxylation sites is 2. The number of carboxylic acid groups (broad SMARTS) is 1. The van der Waals surface area contributed by atoms with Gasteiger partial charge in [0.15, 0.2) is 0 Å². The van der Waals surface area contributed by atoms with Crippen LogP contribution in [0.15, 0.2) is 24.3 Å². The minimum absolute atomic E-state index is 0.0782. The third-order valence-electron chi connectivity index (χ3n) is 4.08. The maximum atomic E-state index is 11.2. The summed E-state index contributed by atoms with van der Waals surface area (Å²) in [6, 6.07) is 8.56. The quantitative estimate of drug-likeness (QED) is 0.916. The Balaban J connectivity index is 2.12. The molecule has 1 N–H and O–H groups in total. The van der Waals surface area contributed by atoms with Crippen LogP contribution in [0.25, 0.3) is 11.0 Å². The van der Waals surface area contributed by atoms with E-state index in [0.717, 1.165) is 16.9 Å². The molecule has 0 amide bonds. The topological polar surface area (TPSA) is 55.1 Å². The van der Waals surface area contributed by atoms with Gasteiger partial charge in [0, 0.05) is 12.0 Å². The molecule has 1 aliphatic rings. The highest BCUT2D eigenvalue weighted by molar-refractivity contribution is 5.77. The van der Waals surface area contributed by atoms with Crippen molar-refractivity contribution in [3.63, 3.8) is 0 Å². The predicted octanol–water partition coefficient (Wildman–Crippen LogP) is 3.20. The number of hydrogen-bond donors (Lipinski definition) is 1. The zero-order chi connectivity index (χ0) is 13.6. The van der Waals surface area contributed by atoms with E-state index < -0.39 is 11.9 Å². The number of imidazole rings is 1. The lowest BCUT2D eigenvalue weighted by Crippen LogP contribution is -2.19. The van der Waals surface area contributed by atoms with Gasteiger partial charge in [-0.25, -0.2) is 4.98 Å². The average molecular weight is 258 g/mol. The number of benzene rings is 1. The first-order valence-corrected chi connectivity index (χ1v) is 6.79. The monoisotopic (exact) mass is 258 g/mol. The molecule has 4 heteroatoms. The Labute approximate surface area is 112 Å². The molecular formula is C15H18N2O2. The summed E-state index contributed by atoms with van der Waals surface area (Å²) in [5.41, 5.74) is 2.10. The fourth-order valence-electron chi connectivity index (χ4n) is 2.54. The molecule has 19 heavy (non-hydrogen) atoms. The average Bonchev–Trinajstić information content (AvgIpc) is 3.16. The number of aliphatic carboxylic acids is 1. The summed E-state index contributed by atoms with van der Waals surface area (Å²) >= 11 is 0. The van der Waals surface area contributed by atoms with Crippen molar-refractivity contribution in [1.82, 2.24) is 9.55 Å². The van der Waals surface area contributed by atoms with E-state index in [2.05, 4.69) is 15.6 Å². The molecule has 1 aromatic carbocycles. The third-order valence-corrected chi connectivity index (χ3v) is 4.08. The van der Waals surface area contributed by atoms with E-state index in [1.165, 1.54) is 12.8 Å². The lowest BCUT2D eigenvalue weighted by Gasteiger charge is -2.17. The van der Waals surface area contributed by atoms with Crippen molar-refractivity contribution >= 4 is 17.0 Å². The van der Waals surface area contributed by atoms with E-state index >= 15 is 0 Å². The molecule has 1 fully saturated rings. The second-order valence-electron chi connectivity index (χ2n) is 5.48. The first-order chi connectivity index (χ1) is 9.09. The van der Waals surface area contributed by atoms with Gasteiger partial charge in [-0.3, -0.25) is 4.79 Å². The predicted molar refractivity (Wildman–Crippen MR) is 73.2 cm³/mol. The number of hydrogen-bond acceptors (Lipinski definition) is 2. The largest absolute Gasteiger partial charge is 0.481 e. The normalized spacial score (nSPS) is 18.4. The first-order valence-electron chi connectivity index (χ1n) is 6.79. The summed E-state index contributed by atoms with van der Waals surface area (Å²) < 4.78 is 2.25. The summed E-state index contributed by atoms with van der Waals surface area (Å²) in [5.74, 6) is -0.347. The summed E-state index contributed by atoms with van der Waals surface area (Å²) in [6.07, 6.45) is 2.34. The van der Waals surface area contributed by atoms with Crippen molar-refractivity contribution in [2.24, 2.45) is 5.92 Å². The zero-order valence-electron chi connectivity index (χ0n) is 11.2. The standard InChI is InChI=1S/C15H18N2O2/c1-9(10(2)15(18)19)14-16-12-5-3-4-6-13(12)17(14)11-7-8-11/h3-6,9-11H,7-8H2,1-2H3,(H,18,19). The van der Waals surface area contributed by atoms with Gasteiger partial charge in [0.2, 0.25) is 0 Å². The minimum Gasteiger partial charge on any atom is -0.481 e. The highest BCUT2D eigenvalue weighted by Gasteiger charge is 2.32. The Morgan fingerprint density at radius 2 is 2.05 bits per heavy atom. The van der Waals surface area contributed by atoms with Gasteiger partial charge in [-0.2, -0.15) is 0 Å². The smallest absolute Gasteiger partial charge is 0.306 e. The number of rotatable bonds is 4. The fourth-order valence-corrected chi connectivity index (χ4v) is 2.54. The lowest BCUT2D eigenvalue weighted by atomic mass is 9.95. The summed E-state index contributed by atoms with van der Waals surface area (Å²) in [5, 5.41) is 9.20. The van der Waals surface area contributed by atoms with Crippen LogP contribution in [-0.2, 0) is 4.79 Å². The van der Waals surface area contributed by atoms with Crippen LogP contribution in [0.2, 0.25) is 0 Å². The molecule has 1 saturated carbocycles. The van der Waals surface area contributed by atoms with E-state index in [0.29, 0.717) is 6.04 Å². The molecule has 1 heterocycles. The Morgan fingerprint density at radius 1 is 1.37 bits per heavy atom. The summed E-state index contributed by atoms with van der Waals surface area (Å²) in [6.45, 7) is 3.71. The van der Waals surface area contributed by atoms with E-state index in [-0.39, 0.29) is 5.92 Å². The Bertz CT molecular complexity index is 628. The Kier molecular flexibility index (Phi) is 2.81. The molecule has 2 aromatic rings. The van der Waals surface area contributed by atoms with Gasteiger partial charge in [0.25, 0.3) is 0 Å². The van der Waals surface area contributed by atoms with Crippen LogP contribution in [0.5, 0.6) is 0 Å². The second-order valence-corrected chi connectivity index (χ2v) is 5.48. The van der Waals surface area contributed by atoms with Crippen LogP contribution in [0.4, 0.5) is 0 Å². The molecule has 100 valence electrons. The molecule has 2 unspecified atom stereocenters. The molecule has 2 atom stereocenters. The molecule has 3 rings (SSSR count). The molecule has 1 aromatic heterocycles. The minimum atomic E-state index is -0.762. The van der Waals surface area contributed by atoms with Gasteiger partial charge in [-0.05, 0) is 25.0 Å². The van der Waals surface area contributed by atoms with E-state index in [1.807, 2.05) is 25.1 Å². The van der Waals surface area contributed by atoms with Crippen molar-refractivity contribution in [2.75, 3.05) is 0 Å². The van der Waals surface area contributed by atoms with Crippen LogP contribution in [0, 0.1) is 5.92 Å². The number of carbonyl (C=O) groups is 1. The van der Waals surface area contributed by atoms with Gasteiger partial charge in [-0.15, -0.1) is 0 Å². The molecule has 0 bridgehead atoms. The number of aromatic nitrogens is 2. The van der Waals surface area contributed by atoms with Gasteiger partial charge in [-0.1, -0.05) is 26.0 Å². The van der Waals surface area contributed by atoms with Gasteiger partial charge in [0.1, 0.15) is 5.82 Å². The molecular weight excluding hydrogens is 240 g/mol. The first kappa shape index (κ1) is 12.2. The van der Waals surface area contributed by atoms with Gasteiger partial charge < -0.3 is 9.67 Å². The van der Waals surface area contributed by atoms with Gasteiger partial charge in [0.05, 0.1) is 17.0 Å². The van der Waals surface area contributed by atoms with Crippen molar-refractivity contribution in [1.29, 1.82) is 0 Å². The lowest BCUT2D eigenvalue weighted by molar-refractivity contribution is -0.141.